The van der Waals surface area contributed by atoms with Crippen molar-refractivity contribution in [3.05, 3.63) is 64.4 Å². The first-order valence-electron chi connectivity index (χ1n) is 8.56. The lowest BCUT2D eigenvalue weighted by molar-refractivity contribution is -0.207. The van der Waals surface area contributed by atoms with Crippen LogP contribution in [0.1, 0.15) is 24.7 Å². The lowest BCUT2D eigenvalue weighted by Gasteiger charge is -2.14. The van der Waals surface area contributed by atoms with E-state index in [-0.39, 0.29) is 23.9 Å². The van der Waals surface area contributed by atoms with Gasteiger partial charge in [0, 0.05) is 18.5 Å². The number of hydrogen-bond donors (Lipinski definition) is 2. The molecule has 0 aliphatic carbocycles. The summed E-state index contributed by atoms with van der Waals surface area (Å²) in [5, 5.41) is 22.9. The molecule has 8 nitrogen and oxygen atoms in total. The lowest BCUT2D eigenvalue weighted by Crippen LogP contribution is -2.36. The molecule has 0 fully saturated rings. The fourth-order valence-electron chi connectivity index (χ4n) is 2.66. The second-order valence-electron chi connectivity index (χ2n) is 6.52. The maximum absolute atomic E-state index is 13.6. The zero-order valence-corrected chi connectivity index (χ0v) is 15.4. The van der Waals surface area contributed by atoms with Gasteiger partial charge in [-0.25, -0.2) is 23.2 Å². The van der Waals surface area contributed by atoms with E-state index in [4.69, 9.17) is 5.11 Å². The third kappa shape index (κ3) is 4.57. The molecule has 2 heterocycles. The molecule has 0 saturated heterocycles. The average Bonchev–Trinajstić information content (AvgIpc) is 3.19. The minimum Gasteiger partial charge on any atom is -0.385 e. The number of benzene rings is 1. The summed E-state index contributed by atoms with van der Waals surface area (Å²) in [6.45, 7) is 0.0264. The molecule has 3 aromatic rings. The highest BCUT2D eigenvalue weighted by Crippen LogP contribution is 2.21. The molecule has 0 aliphatic heterocycles. The van der Waals surface area contributed by atoms with E-state index < -0.39 is 42.3 Å². The van der Waals surface area contributed by atoms with Gasteiger partial charge in [0.1, 0.15) is 17.7 Å². The molecule has 0 amide bonds. The highest BCUT2D eigenvalue weighted by Gasteiger charge is 2.38. The zero-order chi connectivity index (χ0) is 22.2. The van der Waals surface area contributed by atoms with E-state index >= 15 is 0 Å². The minimum atomic E-state index is -4.89. The first-order chi connectivity index (χ1) is 14.0. The number of aliphatic hydroxyl groups is 2. The molecule has 0 aliphatic rings. The second kappa shape index (κ2) is 7.99. The van der Waals surface area contributed by atoms with Crippen LogP contribution >= 0.6 is 0 Å². The van der Waals surface area contributed by atoms with Crippen molar-refractivity contribution in [3.8, 4) is 5.69 Å². The fourth-order valence-corrected chi connectivity index (χ4v) is 2.66. The van der Waals surface area contributed by atoms with Crippen LogP contribution < -0.4 is 5.69 Å². The van der Waals surface area contributed by atoms with Gasteiger partial charge in [0.25, 0.3) is 0 Å². The van der Waals surface area contributed by atoms with Crippen LogP contribution in [0.3, 0.4) is 0 Å². The normalized spacial score (nSPS) is 14.1. The lowest BCUT2D eigenvalue weighted by atomic mass is 10.3. The largest absolute Gasteiger partial charge is 0.416 e. The maximum atomic E-state index is 13.6. The summed E-state index contributed by atoms with van der Waals surface area (Å²) in [5.74, 6) is -1.88. The predicted octanol–water partition coefficient (Wildman–Crippen LogP) is 1.53. The summed E-state index contributed by atoms with van der Waals surface area (Å²) >= 11 is 0. The van der Waals surface area contributed by atoms with Gasteiger partial charge in [-0.05, 0) is 19.1 Å². The van der Waals surface area contributed by atoms with Crippen molar-refractivity contribution in [3.63, 3.8) is 0 Å². The van der Waals surface area contributed by atoms with E-state index in [2.05, 4.69) is 10.1 Å². The van der Waals surface area contributed by atoms with Gasteiger partial charge in [-0.15, -0.1) is 5.10 Å². The highest BCUT2D eigenvalue weighted by molar-refractivity contribution is 5.33. The Bertz CT molecular complexity index is 1080. The topological polar surface area (TPSA) is 98.1 Å². The van der Waals surface area contributed by atoms with Crippen molar-refractivity contribution < 1.29 is 32.2 Å². The molecular weight excluding hydrogens is 417 g/mol. The van der Waals surface area contributed by atoms with Crippen molar-refractivity contribution in [2.24, 2.45) is 0 Å². The Labute approximate surface area is 165 Å². The summed E-state index contributed by atoms with van der Waals surface area (Å²) in [5.41, 5.74) is -0.946. The molecule has 13 heteroatoms. The Balaban J connectivity index is 1.96. The molecule has 162 valence electrons. The average molecular weight is 433 g/mol. The summed E-state index contributed by atoms with van der Waals surface area (Å²) in [6, 6.07) is 2.56. The zero-order valence-electron chi connectivity index (χ0n) is 15.4. The van der Waals surface area contributed by atoms with Crippen LogP contribution in [0.15, 0.2) is 35.4 Å². The van der Waals surface area contributed by atoms with Gasteiger partial charge in [0.05, 0.1) is 18.8 Å². The SMILES string of the molecule is C[C@H](O)c1nc(Cn2ccn(C[C@H](O)C(F)(F)F)c2=O)n(-c2cc(F)cc(F)c2)n1. The Kier molecular flexibility index (Phi) is 5.76. The number of nitrogens with zero attached hydrogens (tertiary/aromatic N) is 5. The summed E-state index contributed by atoms with van der Waals surface area (Å²) in [7, 11) is 0. The highest BCUT2D eigenvalue weighted by atomic mass is 19.4. The Hall–Kier alpha value is -3.06. The number of hydrogen-bond acceptors (Lipinski definition) is 5. The number of rotatable bonds is 6. The summed E-state index contributed by atoms with van der Waals surface area (Å²) in [4.78, 5) is 16.4. The van der Waals surface area contributed by atoms with Crippen molar-refractivity contribution >= 4 is 0 Å². The molecule has 2 aromatic heterocycles. The van der Waals surface area contributed by atoms with Crippen molar-refractivity contribution in [2.45, 2.75) is 38.4 Å². The first kappa shape index (κ1) is 21.6. The quantitative estimate of drug-likeness (QED) is 0.575. The first-order valence-corrected chi connectivity index (χ1v) is 8.56. The smallest absolute Gasteiger partial charge is 0.385 e. The number of alkyl halides is 3. The Morgan fingerprint density at radius 3 is 2.23 bits per heavy atom. The van der Waals surface area contributed by atoms with E-state index in [0.29, 0.717) is 10.6 Å². The molecule has 0 saturated carbocycles. The van der Waals surface area contributed by atoms with Crippen LogP contribution in [-0.4, -0.2) is 46.4 Å². The Morgan fingerprint density at radius 1 is 1.07 bits per heavy atom. The molecule has 0 spiro atoms. The van der Waals surface area contributed by atoms with E-state index in [9.17, 15) is 31.9 Å². The monoisotopic (exact) mass is 433 g/mol. The van der Waals surface area contributed by atoms with Crippen LogP contribution in [0, 0.1) is 11.6 Å². The van der Waals surface area contributed by atoms with Crippen molar-refractivity contribution in [1.82, 2.24) is 23.9 Å². The third-order valence-corrected chi connectivity index (χ3v) is 4.13. The Morgan fingerprint density at radius 2 is 1.67 bits per heavy atom. The number of aromatic nitrogens is 5. The van der Waals surface area contributed by atoms with Gasteiger partial charge in [-0.3, -0.25) is 9.13 Å². The molecule has 0 bridgehead atoms. The number of imidazole rings is 1. The van der Waals surface area contributed by atoms with Gasteiger partial charge in [0.15, 0.2) is 17.8 Å². The van der Waals surface area contributed by atoms with Crippen molar-refractivity contribution in [1.29, 1.82) is 0 Å². The van der Waals surface area contributed by atoms with Gasteiger partial charge in [0.2, 0.25) is 0 Å². The van der Waals surface area contributed by atoms with E-state index in [0.717, 1.165) is 27.6 Å². The van der Waals surface area contributed by atoms with Crippen LogP contribution in [-0.2, 0) is 13.1 Å². The second-order valence-corrected chi connectivity index (χ2v) is 6.52. The van der Waals surface area contributed by atoms with Crippen LogP contribution in [0.25, 0.3) is 5.69 Å². The molecular formula is C17H16F5N5O3. The van der Waals surface area contributed by atoms with Gasteiger partial charge >= 0.3 is 11.9 Å². The molecule has 30 heavy (non-hydrogen) atoms. The maximum Gasteiger partial charge on any atom is 0.416 e. The molecule has 2 N–H and O–H groups in total. The van der Waals surface area contributed by atoms with E-state index in [1.54, 1.807) is 0 Å². The summed E-state index contributed by atoms with van der Waals surface area (Å²) < 4.78 is 67.4. The van der Waals surface area contributed by atoms with Crippen LogP contribution in [0.4, 0.5) is 22.0 Å². The van der Waals surface area contributed by atoms with Crippen LogP contribution in [0.5, 0.6) is 0 Å². The van der Waals surface area contributed by atoms with Crippen molar-refractivity contribution in [2.75, 3.05) is 0 Å². The molecule has 2 atom stereocenters. The fraction of sp³-hybridized carbons (Fsp3) is 0.353. The molecule has 0 unspecified atom stereocenters. The van der Waals surface area contributed by atoms with Crippen LogP contribution in [0.2, 0.25) is 0 Å². The summed E-state index contributed by atoms with van der Waals surface area (Å²) in [6.07, 6.45) is -6.54. The number of halogens is 5. The van der Waals surface area contributed by atoms with Gasteiger partial charge in [-0.2, -0.15) is 13.2 Å². The predicted molar refractivity (Wildman–Crippen MR) is 91.8 cm³/mol. The molecule has 0 radical (unpaired) electrons. The van der Waals surface area contributed by atoms with E-state index in [1.165, 1.54) is 13.1 Å². The molecule has 3 rings (SSSR count). The number of aliphatic hydroxyl groups excluding tert-OH is 2. The standard InChI is InChI=1S/C17H16F5N5O3/c1-9(28)15-23-14(27(24-15)12-5-10(18)4-11(19)6-12)8-26-3-2-25(16(26)30)7-13(29)17(20,21)22/h2-6,9,13,28-29H,7-8H2,1H3/t9-,13-/m0/s1. The van der Waals surface area contributed by atoms with Gasteiger partial charge < -0.3 is 10.2 Å². The van der Waals surface area contributed by atoms with Gasteiger partial charge in [-0.1, -0.05) is 0 Å². The molecule has 1 aromatic carbocycles. The van der Waals surface area contributed by atoms with E-state index in [1.807, 2.05) is 0 Å². The minimum absolute atomic E-state index is 0.00730. The third-order valence-electron chi connectivity index (χ3n) is 4.13.